The van der Waals surface area contributed by atoms with E-state index in [1.807, 2.05) is 6.07 Å². The highest BCUT2D eigenvalue weighted by molar-refractivity contribution is 5.73. The van der Waals surface area contributed by atoms with E-state index in [1.54, 1.807) is 12.1 Å². The standard InChI is InChI=1S/C8H5NO2/c9-5-8-4-7(6-11-8)2-1-3-10/h1-4,6H/b2-1+. The maximum absolute atomic E-state index is 9.87. The van der Waals surface area contributed by atoms with Gasteiger partial charge in [-0.2, -0.15) is 5.26 Å². The second kappa shape index (κ2) is 3.37. The maximum Gasteiger partial charge on any atom is 0.203 e. The van der Waals surface area contributed by atoms with Gasteiger partial charge in [-0.15, -0.1) is 0 Å². The molecule has 0 saturated heterocycles. The largest absolute Gasteiger partial charge is 0.453 e. The molecule has 0 bridgehead atoms. The van der Waals surface area contributed by atoms with Crippen LogP contribution in [0, 0.1) is 11.3 Å². The molecule has 0 spiro atoms. The number of carbonyl (C=O) groups is 1. The molecule has 1 rings (SSSR count). The molecule has 3 heteroatoms. The molecule has 11 heavy (non-hydrogen) atoms. The van der Waals surface area contributed by atoms with E-state index in [4.69, 9.17) is 9.68 Å². The second-order valence-corrected chi connectivity index (χ2v) is 1.85. The first-order valence-electron chi connectivity index (χ1n) is 2.97. The van der Waals surface area contributed by atoms with Gasteiger partial charge < -0.3 is 4.42 Å². The number of furan rings is 1. The van der Waals surface area contributed by atoms with Gasteiger partial charge >= 0.3 is 0 Å². The lowest BCUT2D eigenvalue weighted by Crippen LogP contribution is -1.62. The Morgan fingerprint density at radius 1 is 1.64 bits per heavy atom. The molecular weight excluding hydrogens is 142 g/mol. The van der Waals surface area contributed by atoms with Crippen LogP contribution in [0.3, 0.4) is 0 Å². The molecule has 0 radical (unpaired) electrons. The van der Waals surface area contributed by atoms with Crippen molar-refractivity contribution >= 4 is 12.4 Å². The Labute approximate surface area is 63.5 Å². The van der Waals surface area contributed by atoms with Crippen LogP contribution >= 0.6 is 0 Å². The minimum absolute atomic E-state index is 0.246. The summed E-state index contributed by atoms with van der Waals surface area (Å²) >= 11 is 0. The Kier molecular flexibility index (Phi) is 2.24. The first-order chi connectivity index (χ1) is 5.36. The number of carbonyl (C=O) groups excluding carboxylic acids is 1. The average molecular weight is 147 g/mol. The van der Waals surface area contributed by atoms with E-state index in [0.29, 0.717) is 11.8 Å². The van der Waals surface area contributed by atoms with Crippen LogP contribution in [0.25, 0.3) is 6.08 Å². The minimum Gasteiger partial charge on any atom is -0.453 e. The predicted molar refractivity (Wildman–Crippen MR) is 38.5 cm³/mol. The lowest BCUT2D eigenvalue weighted by atomic mass is 10.3. The number of hydrogen-bond donors (Lipinski definition) is 0. The third-order valence-corrected chi connectivity index (χ3v) is 1.10. The van der Waals surface area contributed by atoms with Crippen LogP contribution in [0.1, 0.15) is 11.3 Å². The van der Waals surface area contributed by atoms with Crippen molar-refractivity contribution < 1.29 is 9.21 Å². The monoisotopic (exact) mass is 147 g/mol. The molecule has 0 atom stereocenters. The summed E-state index contributed by atoms with van der Waals surface area (Å²) in [5.41, 5.74) is 0.716. The van der Waals surface area contributed by atoms with Crippen LogP contribution in [0.4, 0.5) is 0 Å². The van der Waals surface area contributed by atoms with Gasteiger partial charge in [0.05, 0.1) is 6.26 Å². The van der Waals surface area contributed by atoms with Crippen LogP contribution in [-0.2, 0) is 4.79 Å². The third-order valence-electron chi connectivity index (χ3n) is 1.10. The van der Waals surface area contributed by atoms with E-state index in [0.717, 1.165) is 0 Å². The lowest BCUT2D eigenvalue weighted by molar-refractivity contribution is -0.104. The summed E-state index contributed by atoms with van der Waals surface area (Å²) < 4.78 is 4.78. The van der Waals surface area contributed by atoms with Crippen molar-refractivity contribution in [2.45, 2.75) is 0 Å². The molecule has 0 aromatic carbocycles. The summed E-state index contributed by atoms with van der Waals surface area (Å²) in [6.45, 7) is 0. The van der Waals surface area contributed by atoms with Gasteiger partial charge in [0.15, 0.2) is 0 Å². The first kappa shape index (κ1) is 7.29. The summed E-state index contributed by atoms with van der Waals surface area (Å²) in [5.74, 6) is 0.246. The van der Waals surface area contributed by atoms with E-state index in [2.05, 4.69) is 0 Å². The number of aldehydes is 1. The highest BCUT2D eigenvalue weighted by Gasteiger charge is 1.94. The minimum atomic E-state index is 0.246. The maximum atomic E-state index is 9.87. The summed E-state index contributed by atoms with van der Waals surface area (Å²) in [6.07, 6.45) is 4.99. The van der Waals surface area contributed by atoms with Crippen LogP contribution in [-0.4, -0.2) is 6.29 Å². The van der Waals surface area contributed by atoms with Crippen molar-refractivity contribution in [2.75, 3.05) is 0 Å². The molecule has 0 saturated carbocycles. The Hall–Kier alpha value is -1.82. The molecule has 0 fully saturated rings. The Morgan fingerprint density at radius 2 is 2.45 bits per heavy atom. The zero-order valence-corrected chi connectivity index (χ0v) is 5.65. The zero-order chi connectivity index (χ0) is 8.10. The van der Waals surface area contributed by atoms with Gasteiger partial charge in [0.1, 0.15) is 12.4 Å². The third kappa shape index (κ3) is 1.80. The molecule has 0 unspecified atom stereocenters. The number of hydrogen-bond acceptors (Lipinski definition) is 3. The lowest BCUT2D eigenvalue weighted by Gasteiger charge is -1.73. The van der Waals surface area contributed by atoms with Gasteiger partial charge in [-0.1, -0.05) is 0 Å². The van der Waals surface area contributed by atoms with Gasteiger partial charge in [-0.05, 0) is 12.2 Å². The first-order valence-corrected chi connectivity index (χ1v) is 2.97. The normalized spacial score (nSPS) is 9.73. The van der Waals surface area contributed by atoms with Crippen LogP contribution in [0.5, 0.6) is 0 Å². The summed E-state index contributed by atoms with van der Waals surface area (Å²) in [4.78, 5) is 9.87. The molecular formula is C8H5NO2. The average Bonchev–Trinajstić information content (AvgIpc) is 2.48. The van der Waals surface area contributed by atoms with Gasteiger partial charge in [-0.25, -0.2) is 0 Å². The highest BCUT2D eigenvalue weighted by Crippen LogP contribution is 2.07. The molecule has 1 aromatic rings. The Bertz CT molecular complexity index is 317. The molecule has 0 amide bonds. The highest BCUT2D eigenvalue weighted by atomic mass is 16.3. The van der Waals surface area contributed by atoms with Crippen LogP contribution < -0.4 is 0 Å². The number of rotatable bonds is 2. The number of allylic oxidation sites excluding steroid dienone is 1. The van der Waals surface area contributed by atoms with Crippen molar-refractivity contribution in [3.63, 3.8) is 0 Å². The summed E-state index contributed by atoms with van der Waals surface area (Å²) in [5, 5.41) is 8.34. The van der Waals surface area contributed by atoms with Gasteiger partial charge in [0.25, 0.3) is 0 Å². The Morgan fingerprint density at radius 3 is 3.00 bits per heavy atom. The van der Waals surface area contributed by atoms with E-state index in [-0.39, 0.29) is 5.76 Å². The fraction of sp³-hybridized carbons (Fsp3) is 0. The molecule has 0 aliphatic rings. The van der Waals surface area contributed by atoms with Crippen molar-refractivity contribution in [1.29, 1.82) is 5.26 Å². The van der Waals surface area contributed by atoms with Gasteiger partial charge in [-0.3, -0.25) is 4.79 Å². The summed E-state index contributed by atoms with van der Waals surface area (Å²) in [7, 11) is 0. The topological polar surface area (TPSA) is 54.0 Å². The number of nitrogens with zero attached hydrogens (tertiary/aromatic N) is 1. The quantitative estimate of drug-likeness (QED) is 0.468. The smallest absolute Gasteiger partial charge is 0.203 e. The van der Waals surface area contributed by atoms with E-state index >= 15 is 0 Å². The molecule has 54 valence electrons. The van der Waals surface area contributed by atoms with E-state index < -0.39 is 0 Å². The zero-order valence-electron chi connectivity index (χ0n) is 5.65. The SMILES string of the molecule is N#Cc1cc(/C=C/C=O)co1. The van der Waals surface area contributed by atoms with Crippen molar-refractivity contribution in [1.82, 2.24) is 0 Å². The molecule has 0 N–H and O–H groups in total. The summed E-state index contributed by atoms with van der Waals surface area (Å²) in [6, 6.07) is 3.39. The van der Waals surface area contributed by atoms with Gasteiger partial charge in [0, 0.05) is 11.6 Å². The molecule has 1 aromatic heterocycles. The van der Waals surface area contributed by atoms with E-state index in [9.17, 15) is 4.79 Å². The van der Waals surface area contributed by atoms with Crippen LogP contribution in [0.15, 0.2) is 22.8 Å². The fourth-order valence-electron chi connectivity index (χ4n) is 0.647. The number of nitriles is 1. The molecule has 0 aliphatic carbocycles. The van der Waals surface area contributed by atoms with Crippen molar-refractivity contribution in [2.24, 2.45) is 0 Å². The molecule has 1 heterocycles. The molecule has 3 nitrogen and oxygen atoms in total. The predicted octanol–water partition coefficient (Wildman–Crippen LogP) is 1.36. The van der Waals surface area contributed by atoms with Gasteiger partial charge in [0.2, 0.25) is 5.76 Å². The second-order valence-electron chi connectivity index (χ2n) is 1.85. The fourth-order valence-corrected chi connectivity index (χ4v) is 0.647. The molecule has 0 aliphatic heterocycles. The Balaban J connectivity index is 2.82. The van der Waals surface area contributed by atoms with Crippen molar-refractivity contribution in [3.05, 3.63) is 29.7 Å². The van der Waals surface area contributed by atoms with Crippen LogP contribution in [0.2, 0.25) is 0 Å². The van der Waals surface area contributed by atoms with E-state index in [1.165, 1.54) is 12.3 Å². The van der Waals surface area contributed by atoms with Crippen molar-refractivity contribution in [3.8, 4) is 6.07 Å².